The van der Waals surface area contributed by atoms with Gasteiger partial charge in [0.2, 0.25) is 5.91 Å². The quantitative estimate of drug-likeness (QED) is 0.0355. The maximum absolute atomic E-state index is 12.8. The zero-order chi connectivity index (χ0) is 41.1. The number of aliphatic hydroxyl groups is 1. The van der Waals surface area contributed by atoms with E-state index in [1.165, 1.54) is 199 Å². The molecule has 0 aliphatic rings. The van der Waals surface area contributed by atoms with Crippen LogP contribution in [0.1, 0.15) is 264 Å². The zero-order valence-corrected chi connectivity index (χ0v) is 38.3. The first kappa shape index (κ1) is 55.5. The Morgan fingerprint density at radius 2 is 0.821 bits per heavy atom. The number of nitrogens with one attached hydrogen (secondary N) is 1. The fourth-order valence-electron chi connectivity index (χ4n) is 7.73. The van der Waals surface area contributed by atoms with Gasteiger partial charge in [-0.2, -0.15) is 0 Å². The molecule has 0 heterocycles. The number of amides is 1. The predicted octanol–water partition coefficient (Wildman–Crippen LogP) is 14.2. The van der Waals surface area contributed by atoms with E-state index in [-0.39, 0.29) is 25.7 Å². The molecule has 0 bridgehead atoms. The predicted molar refractivity (Wildman–Crippen MR) is 240 cm³/mol. The minimum absolute atomic E-state index is 0.0928. The monoisotopic (exact) mass is 817 g/mol. The highest BCUT2D eigenvalue weighted by Gasteiger charge is 2.27. The number of hydrogen-bond donors (Lipinski definition) is 4. The number of carbonyl (C=O) groups is 1. The molecule has 0 saturated heterocycles. The maximum Gasteiger partial charge on any atom is 0.472 e. The van der Waals surface area contributed by atoms with Crippen molar-refractivity contribution in [1.82, 2.24) is 5.32 Å². The number of phosphoric ester groups is 1. The van der Waals surface area contributed by atoms with Crippen LogP contribution >= 0.6 is 7.82 Å². The summed E-state index contributed by atoms with van der Waals surface area (Å²) in [4.78, 5) is 22.8. The van der Waals surface area contributed by atoms with Gasteiger partial charge in [-0.3, -0.25) is 13.8 Å². The Bertz CT molecular complexity index is 849. The van der Waals surface area contributed by atoms with Gasteiger partial charge >= 0.3 is 7.82 Å². The molecule has 0 radical (unpaired) electrons. The fourth-order valence-corrected chi connectivity index (χ4v) is 8.49. The minimum atomic E-state index is -4.31. The Balaban J connectivity index is 4.04. The highest BCUT2D eigenvalue weighted by molar-refractivity contribution is 7.47. The lowest BCUT2D eigenvalue weighted by atomic mass is 10.0. The molecule has 0 aromatic rings. The molecule has 3 unspecified atom stereocenters. The maximum atomic E-state index is 12.8. The summed E-state index contributed by atoms with van der Waals surface area (Å²) in [7, 11) is -4.31. The van der Waals surface area contributed by atoms with Crippen molar-refractivity contribution >= 4 is 13.7 Å². The molecule has 0 spiro atoms. The molecular weight excluding hydrogens is 719 g/mol. The third-order valence-electron chi connectivity index (χ3n) is 11.5. The van der Waals surface area contributed by atoms with Gasteiger partial charge in [0.25, 0.3) is 0 Å². The SMILES string of the molecule is CCCCCCCCCCCCCCCCCCCCCC(O)C(COP(=O)(O)OCCN)NC(=O)CCCCCCCCCCCCCCCCCCCC. The summed E-state index contributed by atoms with van der Waals surface area (Å²) in [5.41, 5.74) is 5.40. The molecule has 0 aliphatic heterocycles. The van der Waals surface area contributed by atoms with Gasteiger partial charge in [0.15, 0.2) is 0 Å². The average molecular weight is 817 g/mol. The molecule has 0 fully saturated rings. The third-order valence-corrected chi connectivity index (χ3v) is 12.4. The van der Waals surface area contributed by atoms with Crippen LogP contribution in [-0.4, -0.2) is 47.8 Å². The van der Waals surface area contributed by atoms with Crippen molar-refractivity contribution in [3.63, 3.8) is 0 Å². The molecule has 0 aromatic heterocycles. The smallest absolute Gasteiger partial charge is 0.391 e. The summed E-state index contributed by atoms with van der Waals surface area (Å²) in [6.07, 6.45) is 48.3. The van der Waals surface area contributed by atoms with Crippen molar-refractivity contribution in [2.24, 2.45) is 5.73 Å². The number of aliphatic hydroxyl groups excluding tert-OH is 1. The van der Waals surface area contributed by atoms with Gasteiger partial charge in [0.05, 0.1) is 25.4 Å². The lowest BCUT2D eigenvalue weighted by Crippen LogP contribution is -2.46. The summed E-state index contributed by atoms with van der Waals surface area (Å²) >= 11 is 0. The van der Waals surface area contributed by atoms with Crippen molar-refractivity contribution in [3.05, 3.63) is 0 Å². The van der Waals surface area contributed by atoms with Crippen LogP contribution in [-0.2, 0) is 18.4 Å². The van der Waals surface area contributed by atoms with E-state index in [1.54, 1.807) is 0 Å². The molecule has 0 aliphatic carbocycles. The van der Waals surface area contributed by atoms with Crippen molar-refractivity contribution in [2.75, 3.05) is 19.8 Å². The number of carbonyl (C=O) groups excluding carboxylic acids is 1. The second kappa shape index (κ2) is 44.1. The lowest BCUT2D eigenvalue weighted by Gasteiger charge is -2.25. The van der Waals surface area contributed by atoms with Gasteiger partial charge in [-0.1, -0.05) is 245 Å². The second-order valence-corrected chi connectivity index (χ2v) is 18.5. The van der Waals surface area contributed by atoms with Crippen LogP contribution in [0.4, 0.5) is 0 Å². The van der Waals surface area contributed by atoms with Crippen LogP contribution in [0.5, 0.6) is 0 Å². The largest absolute Gasteiger partial charge is 0.472 e. The topological polar surface area (TPSA) is 131 Å². The van der Waals surface area contributed by atoms with Crippen LogP contribution in [0.3, 0.4) is 0 Å². The summed E-state index contributed by atoms with van der Waals surface area (Å²) < 4.78 is 22.3. The van der Waals surface area contributed by atoms with Gasteiger partial charge in [-0.25, -0.2) is 4.57 Å². The molecule has 1 amide bonds. The number of unbranched alkanes of at least 4 members (excludes halogenated alkanes) is 35. The first-order valence-electron chi connectivity index (χ1n) is 24.7. The third kappa shape index (κ3) is 41.7. The Hall–Kier alpha value is -0.500. The summed E-state index contributed by atoms with van der Waals surface area (Å²) in [5.74, 6) is -0.155. The summed E-state index contributed by atoms with van der Waals surface area (Å²) in [6, 6.07) is -0.768. The summed E-state index contributed by atoms with van der Waals surface area (Å²) in [5, 5.41) is 13.9. The van der Waals surface area contributed by atoms with E-state index in [2.05, 4.69) is 19.2 Å². The van der Waals surface area contributed by atoms with Gasteiger partial charge in [0.1, 0.15) is 0 Å². The molecule has 0 rings (SSSR count). The molecule has 9 heteroatoms. The van der Waals surface area contributed by atoms with Crippen LogP contribution < -0.4 is 11.1 Å². The Morgan fingerprint density at radius 1 is 0.518 bits per heavy atom. The standard InChI is InChI=1S/C47H97N2O6P/c1-3-5-7-9-11-13-15-17-19-21-23-24-26-28-30-32-34-36-38-40-46(50)45(44-55-56(52,53)54-43-42-48)49-47(51)41-39-37-35-33-31-29-27-25-22-20-18-16-14-12-10-8-6-4-2/h45-46,50H,3-44,48H2,1-2H3,(H,49,51)(H,52,53). The Morgan fingerprint density at radius 3 is 1.14 bits per heavy atom. The number of hydrogen-bond acceptors (Lipinski definition) is 6. The van der Waals surface area contributed by atoms with E-state index < -0.39 is 20.0 Å². The van der Waals surface area contributed by atoms with Crippen LogP contribution in [0.25, 0.3) is 0 Å². The van der Waals surface area contributed by atoms with E-state index >= 15 is 0 Å². The molecule has 56 heavy (non-hydrogen) atoms. The van der Waals surface area contributed by atoms with Crippen molar-refractivity contribution in [3.8, 4) is 0 Å². The lowest BCUT2D eigenvalue weighted by molar-refractivity contribution is -0.123. The van der Waals surface area contributed by atoms with Gasteiger partial charge < -0.3 is 21.1 Å². The average Bonchev–Trinajstić information content (AvgIpc) is 3.19. The van der Waals surface area contributed by atoms with E-state index in [0.29, 0.717) is 12.8 Å². The molecule has 8 nitrogen and oxygen atoms in total. The molecule has 5 N–H and O–H groups in total. The van der Waals surface area contributed by atoms with E-state index in [1.807, 2.05) is 0 Å². The number of rotatable bonds is 47. The van der Waals surface area contributed by atoms with E-state index in [9.17, 15) is 19.4 Å². The Labute approximate surface area is 348 Å². The van der Waals surface area contributed by atoms with Crippen LogP contribution in [0.15, 0.2) is 0 Å². The summed E-state index contributed by atoms with van der Waals surface area (Å²) in [6.45, 7) is 4.26. The molecule has 0 aromatic carbocycles. The molecule has 336 valence electrons. The Kier molecular flexibility index (Phi) is 43.7. The van der Waals surface area contributed by atoms with Crippen molar-refractivity contribution < 1.29 is 28.4 Å². The molecular formula is C47H97N2O6P. The van der Waals surface area contributed by atoms with Crippen molar-refractivity contribution in [1.29, 1.82) is 0 Å². The molecule has 0 saturated carbocycles. The van der Waals surface area contributed by atoms with Crippen LogP contribution in [0.2, 0.25) is 0 Å². The first-order chi connectivity index (χ1) is 27.4. The highest BCUT2D eigenvalue weighted by atomic mass is 31.2. The van der Waals surface area contributed by atoms with E-state index in [0.717, 1.165) is 38.5 Å². The number of nitrogens with two attached hydrogens (primary N) is 1. The number of phosphoric acid groups is 1. The minimum Gasteiger partial charge on any atom is -0.391 e. The normalized spacial score (nSPS) is 13.9. The molecule has 3 atom stereocenters. The van der Waals surface area contributed by atoms with Gasteiger partial charge in [-0.05, 0) is 12.8 Å². The zero-order valence-electron chi connectivity index (χ0n) is 37.4. The van der Waals surface area contributed by atoms with E-state index in [4.69, 9.17) is 14.8 Å². The highest BCUT2D eigenvalue weighted by Crippen LogP contribution is 2.43. The second-order valence-electron chi connectivity index (χ2n) is 17.0. The first-order valence-corrected chi connectivity index (χ1v) is 26.1. The van der Waals surface area contributed by atoms with Crippen molar-refractivity contribution in [2.45, 2.75) is 276 Å². The van der Waals surface area contributed by atoms with Gasteiger partial charge in [0, 0.05) is 13.0 Å². The fraction of sp³-hybridized carbons (Fsp3) is 0.979. The van der Waals surface area contributed by atoms with Gasteiger partial charge in [-0.15, -0.1) is 0 Å². The van der Waals surface area contributed by atoms with Crippen LogP contribution in [0, 0.1) is 0 Å².